The van der Waals surface area contributed by atoms with Crippen molar-refractivity contribution in [1.82, 2.24) is 35.0 Å². The molecule has 0 radical (unpaired) electrons. The normalized spacial score (nSPS) is 15.8. The number of guanidine groups is 1. The Morgan fingerprint density at radius 1 is 1.17 bits per heavy atom. The molecular weight excluding hydrogens is 476 g/mol. The summed E-state index contributed by atoms with van der Waals surface area (Å²) in [7, 11) is 3.68. The maximum atomic E-state index is 8.50. The second kappa shape index (κ2) is 9.67. The quantitative estimate of drug-likeness (QED) is 0.298. The van der Waals surface area contributed by atoms with E-state index in [1.54, 1.807) is 24.0 Å². The number of nitrogens with zero attached hydrogens (tertiary/aromatic N) is 6. The Labute approximate surface area is 212 Å². The number of benzene rings is 1. The van der Waals surface area contributed by atoms with Gasteiger partial charge in [-0.05, 0) is 48.4 Å². The van der Waals surface area contributed by atoms with E-state index in [4.69, 9.17) is 17.0 Å². The molecule has 5 rings (SSSR count). The van der Waals surface area contributed by atoms with E-state index in [2.05, 4.69) is 36.2 Å². The Balaban J connectivity index is 1.48. The van der Waals surface area contributed by atoms with E-state index in [0.717, 1.165) is 22.6 Å². The van der Waals surface area contributed by atoms with Gasteiger partial charge in [-0.2, -0.15) is 5.10 Å². The van der Waals surface area contributed by atoms with Gasteiger partial charge >= 0.3 is 0 Å². The number of hydrogen-bond acceptors (Lipinski definition) is 8. The number of hydrogen-bond donors (Lipinski definition) is 4. The number of anilines is 1. The van der Waals surface area contributed by atoms with Crippen LogP contribution in [0.25, 0.3) is 16.9 Å². The summed E-state index contributed by atoms with van der Waals surface area (Å²) < 4.78 is 3.62. The fourth-order valence-corrected chi connectivity index (χ4v) is 4.30. The molecule has 0 spiro atoms. The Hall–Kier alpha value is -4.44. The molecule has 11 heteroatoms. The molecule has 1 aliphatic rings. The van der Waals surface area contributed by atoms with Gasteiger partial charge in [0.2, 0.25) is 5.96 Å². The number of aryl methyl sites for hydroxylation is 1. The first kappa shape index (κ1) is 23.3. The molecule has 0 aliphatic carbocycles. The van der Waals surface area contributed by atoms with Crippen LogP contribution in [0.4, 0.5) is 5.82 Å². The highest BCUT2D eigenvalue weighted by atomic mass is 35.5. The molecule has 4 N–H and O–H groups in total. The topological polar surface area (TPSA) is 120 Å². The van der Waals surface area contributed by atoms with Gasteiger partial charge in [0.15, 0.2) is 11.5 Å². The molecule has 1 unspecified atom stereocenters. The minimum Gasteiger partial charge on any atom is -0.387 e. The van der Waals surface area contributed by atoms with Gasteiger partial charge in [-0.1, -0.05) is 23.7 Å². The van der Waals surface area contributed by atoms with E-state index >= 15 is 0 Å². The fourth-order valence-electron chi connectivity index (χ4n) is 4.11. The molecule has 0 amide bonds. The summed E-state index contributed by atoms with van der Waals surface area (Å²) in [6.45, 7) is 1.74. The van der Waals surface area contributed by atoms with Crippen molar-refractivity contribution in [3.8, 4) is 0 Å². The summed E-state index contributed by atoms with van der Waals surface area (Å²) in [6.07, 6.45) is 7.38. The number of aliphatic imine (C=N–C) groups is 1. The molecule has 4 heterocycles. The maximum Gasteiger partial charge on any atom is 0.202 e. The van der Waals surface area contributed by atoms with E-state index in [0.29, 0.717) is 33.7 Å². The zero-order chi connectivity index (χ0) is 25.2. The number of fused-ring (bicyclic) bond motifs is 1. The Bertz CT molecular complexity index is 1540. The third kappa shape index (κ3) is 4.46. The molecule has 10 nitrogen and oxygen atoms in total. The number of allylic oxidation sites excluding steroid dienone is 1. The monoisotopic (exact) mass is 500 g/mol. The SMILES string of the molecule is CN/C(=C(\C(C)=N)c1nnc2cc(C3C=CN=C(Nc4ccnn4C)N3)ccn12)c1cccc(Cl)c1. The van der Waals surface area contributed by atoms with Crippen LogP contribution in [0.2, 0.25) is 5.02 Å². The molecule has 182 valence electrons. The maximum absolute atomic E-state index is 8.50. The van der Waals surface area contributed by atoms with Gasteiger partial charge in [-0.25, -0.2) is 4.99 Å². The first-order valence-corrected chi connectivity index (χ1v) is 11.7. The lowest BCUT2D eigenvalue weighted by Gasteiger charge is -2.21. The summed E-state index contributed by atoms with van der Waals surface area (Å²) in [5.41, 5.74) is 4.29. The first-order valence-electron chi connectivity index (χ1n) is 11.3. The van der Waals surface area contributed by atoms with Crippen LogP contribution in [0.3, 0.4) is 0 Å². The Morgan fingerprint density at radius 2 is 2.03 bits per heavy atom. The van der Waals surface area contributed by atoms with Crippen LogP contribution in [0.1, 0.15) is 29.9 Å². The third-order valence-electron chi connectivity index (χ3n) is 5.85. The van der Waals surface area contributed by atoms with Crippen molar-refractivity contribution < 1.29 is 0 Å². The minimum atomic E-state index is -0.109. The van der Waals surface area contributed by atoms with Crippen molar-refractivity contribution in [3.63, 3.8) is 0 Å². The van der Waals surface area contributed by atoms with Crippen LogP contribution < -0.4 is 16.0 Å². The molecule has 0 bridgehead atoms. The summed E-state index contributed by atoms with van der Waals surface area (Å²) in [5, 5.41) is 32.0. The summed E-state index contributed by atoms with van der Waals surface area (Å²) in [5.74, 6) is 2.02. The van der Waals surface area contributed by atoms with Crippen LogP contribution in [0, 0.1) is 5.41 Å². The zero-order valence-electron chi connectivity index (χ0n) is 20.0. The molecular formula is C25H25ClN10. The van der Waals surface area contributed by atoms with Gasteiger partial charge in [0.05, 0.1) is 23.5 Å². The number of rotatable bonds is 6. The van der Waals surface area contributed by atoms with Crippen molar-refractivity contribution in [2.45, 2.75) is 13.0 Å². The number of halogens is 1. The standard InChI is InChI=1S/C25H25ClN10/c1-15(27)22(23(28-2)17-5-4-6-18(26)13-17)24-34-33-21-14-16(9-12-36(21)24)19-7-10-29-25(31-19)32-20-8-11-30-35(20)3/h4-14,19,27-28H,1-3H3,(H2,29,31,32)/b23-22+,27-15?. The van der Waals surface area contributed by atoms with E-state index in [1.807, 2.05) is 73.2 Å². The highest BCUT2D eigenvalue weighted by molar-refractivity contribution is 6.31. The van der Waals surface area contributed by atoms with Crippen LogP contribution in [-0.2, 0) is 7.05 Å². The highest BCUT2D eigenvalue weighted by Crippen LogP contribution is 2.27. The molecule has 0 saturated carbocycles. The van der Waals surface area contributed by atoms with Crippen LogP contribution in [-0.4, -0.2) is 43.1 Å². The molecule has 4 aromatic rings. The Morgan fingerprint density at radius 3 is 2.75 bits per heavy atom. The van der Waals surface area contributed by atoms with Gasteiger partial charge in [0.25, 0.3) is 0 Å². The second-order valence-corrected chi connectivity index (χ2v) is 8.69. The molecule has 1 aliphatic heterocycles. The summed E-state index contributed by atoms with van der Waals surface area (Å²) in [4.78, 5) is 4.39. The van der Waals surface area contributed by atoms with Gasteiger partial charge in [0, 0.05) is 43.3 Å². The van der Waals surface area contributed by atoms with E-state index < -0.39 is 0 Å². The molecule has 3 aromatic heterocycles. The van der Waals surface area contributed by atoms with Gasteiger partial charge in [0.1, 0.15) is 5.82 Å². The van der Waals surface area contributed by atoms with Crippen LogP contribution in [0.15, 0.2) is 72.1 Å². The van der Waals surface area contributed by atoms with E-state index in [9.17, 15) is 0 Å². The van der Waals surface area contributed by atoms with Crippen molar-refractivity contribution in [2.75, 3.05) is 12.4 Å². The van der Waals surface area contributed by atoms with Crippen molar-refractivity contribution >= 4 is 46.0 Å². The average Bonchev–Trinajstić information content (AvgIpc) is 3.47. The van der Waals surface area contributed by atoms with Crippen molar-refractivity contribution in [2.24, 2.45) is 12.0 Å². The van der Waals surface area contributed by atoms with Gasteiger partial charge in [-0.15, -0.1) is 10.2 Å². The zero-order valence-corrected chi connectivity index (χ0v) is 20.7. The molecule has 1 atom stereocenters. The smallest absolute Gasteiger partial charge is 0.202 e. The predicted molar refractivity (Wildman–Crippen MR) is 143 cm³/mol. The Kier molecular flexibility index (Phi) is 6.26. The van der Waals surface area contributed by atoms with Gasteiger partial charge < -0.3 is 21.4 Å². The first-order chi connectivity index (χ1) is 17.4. The molecule has 36 heavy (non-hydrogen) atoms. The lowest BCUT2D eigenvalue weighted by atomic mass is 10.0. The lowest BCUT2D eigenvalue weighted by molar-refractivity contribution is 0.758. The summed E-state index contributed by atoms with van der Waals surface area (Å²) >= 11 is 6.23. The molecule has 1 aromatic carbocycles. The predicted octanol–water partition coefficient (Wildman–Crippen LogP) is 3.87. The number of nitrogens with one attached hydrogen (secondary N) is 4. The minimum absolute atomic E-state index is 0.109. The summed E-state index contributed by atoms with van der Waals surface area (Å²) in [6, 6.07) is 13.2. The fraction of sp³-hybridized carbons (Fsp3) is 0.160. The largest absolute Gasteiger partial charge is 0.387 e. The highest BCUT2D eigenvalue weighted by Gasteiger charge is 2.21. The number of aromatic nitrogens is 5. The van der Waals surface area contributed by atoms with Crippen molar-refractivity contribution in [1.29, 1.82) is 5.41 Å². The lowest BCUT2D eigenvalue weighted by Crippen LogP contribution is -2.35. The van der Waals surface area contributed by atoms with E-state index in [-0.39, 0.29) is 6.04 Å². The van der Waals surface area contributed by atoms with E-state index in [1.165, 1.54) is 0 Å². The number of pyridine rings is 1. The van der Waals surface area contributed by atoms with Crippen LogP contribution in [0.5, 0.6) is 0 Å². The molecule has 0 saturated heterocycles. The van der Waals surface area contributed by atoms with Gasteiger partial charge in [-0.3, -0.25) is 9.08 Å². The second-order valence-electron chi connectivity index (χ2n) is 8.25. The van der Waals surface area contributed by atoms with Crippen molar-refractivity contribution in [3.05, 3.63) is 89.1 Å². The van der Waals surface area contributed by atoms with Crippen LogP contribution >= 0.6 is 11.6 Å². The third-order valence-corrected chi connectivity index (χ3v) is 6.08. The molecule has 0 fully saturated rings. The average molecular weight is 501 g/mol.